The molecular weight excluding hydrogens is 377 g/mol. The number of rotatable bonds is 6. The lowest BCUT2D eigenvalue weighted by atomic mass is 10.1. The zero-order valence-corrected chi connectivity index (χ0v) is 16.0. The number of imidazole rings is 1. The molecule has 0 spiro atoms. The number of hydrogen-bond donors (Lipinski definition) is 1. The molecule has 1 N–H and O–H groups in total. The number of fused-ring (bicyclic) bond motifs is 1. The summed E-state index contributed by atoms with van der Waals surface area (Å²) in [5.74, 6) is 0.633. The van der Waals surface area contributed by atoms with Crippen LogP contribution in [0.5, 0.6) is 5.75 Å². The highest BCUT2D eigenvalue weighted by molar-refractivity contribution is 7.15. The first-order chi connectivity index (χ1) is 13.7. The van der Waals surface area contributed by atoms with E-state index in [1.165, 1.54) is 23.5 Å². The predicted molar refractivity (Wildman–Crippen MR) is 108 cm³/mol. The van der Waals surface area contributed by atoms with E-state index in [4.69, 9.17) is 4.74 Å². The van der Waals surface area contributed by atoms with E-state index in [9.17, 15) is 9.18 Å². The highest BCUT2D eigenvalue weighted by atomic mass is 32.1. The van der Waals surface area contributed by atoms with E-state index in [0.29, 0.717) is 17.3 Å². The van der Waals surface area contributed by atoms with Crippen molar-refractivity contribution in [3.63, 3.8) is 0 Å². The van der Waals surface area contributed by atoms with Gasteiger partial charge in [-0.2, -0.15) is 0 Å². The summed E-state index contributed by atoms with van der Waals surface area (Å²) in [6.07, 6.45) is 2.66. The van der Waals surface area contributed by atoms with E-state index in [0.717, 1.165) is 22.5 Å². The summed E-state index contributed by atoms with van der Waals surface area (Å²) in [6.45, 7) is 1.92. The number of amides is 1. The van der Waals surface area contributed by atoms with Gasteiger partial charge in [-0.05, 0) is 42.3 Å². The number of halogens is 1. The van der Waals surface area contributed by atoms with Gasteiger partial charge in [0.1, 0.15) is 23.1 Å². The number of carbonyl (C=O) groups excluding carboxylic acids is 1. The van der Waals surface area contributed by atoms with Crippen molar-refractivity contribution >= 4 is 28.0 Å². The molecule has 0 saturated heterocycles. The molecule has 0 aliphatic rings. The molecule has 0 aliphatic carbocycles. The van der Waals surface area contributed by atoms with Crippen LogP contribution in [0.15, 0.2) is 60.1 Å². The number of ether oxygens (including phenoxy) is 1. The summed E-state index contributed by atoms with van der Waals surface area (Å²) in [6, 6.07) is 13.7. The van der Waals surface area contributed by atoms with E-state index < -0.39 is 0 Å². The Morgan fingerprint density at radius 1 is 1.21 bits per heavy atom. The van der Waals surface area contributed by atoms with Crippen molar-refractivity contribution < 1.29 is 13.9 Å². The van der Waals surface area contributed by atoms with Crippen LogP contribution in [0.3, 0.4) is 0 Å². The number of nitrogens with one attached hydrogen (secondary N) is 1. The Kier molecular flexibility index (Phi) is 5.08. The number of thiazole rings is 1. The van der Waals surface area contributed by atoms with E-state index in [1.54, 1.807) is 16.5 Å². The van der Waals surface area contributed by atoms with E-state index in [2.05, 4.69) is 10.3 Å². The molecule has 4 aromatic rings. The van der Waals surface area contributed by atoms with Crippen LogP contribution >= 0.6 is 11.3 Å². The molecule has 1 amide bonds. The van der Waals surface area contributed by atoms with Crippen LogP contribution in [0.4, 0.5) is 10.2 Å². The molecule has 2 aromatic carbocycles. The molecule has 142 valence electrons. The lowest BCUT2D eigenvalue weighted by Crippen LogP contribution is -2.21. The average Bonchev–Trinajstić information content (AvgIpc) is 3.30. The van der Waals surface area contributed by atoms with Crippen molar-refractivity contribution in [2.24, 2.45) is 0 Å². The van der Waals surface area contributed by atoms with Crippen LogP contribution in [0.25, 0.3) is 16.2 Å². The number of para-hydroxylation sites is 1. The van der Waals surface area contributed by atoms with Gasteiger partial charge in [0.15, 0.2) is 11.6 Å². The monoisotopic (exact) mass is 395 g/mol. The number of benzene rings is 2. The maximum absolute atomic E-state index is 13.3. The van der Waals surface area contributed by atoms with Crippen LogP contribution < -0.4 is 10.1 Å². The Hall–Kier alpha value is -3.19. The number of aromatic nitrogens is 2. The average molecular weight is 395 g/mol. The minimum Gasteiger partial charge on any atom is -0.483 e. The van der Waals surface area contributed by atoms with Crippen LogP contribution in [0.1, 0.15) is 12.5 Å². The van der Waals surface area contributed by atoms with Gasteiger partial charge in [0, 0.05) is 17.1 Å². The standard InChI is InChI=1S/C21H18FN3O2S/c1-2-14-5-3-4-6-17(14)27-13-18(26)23-20-19(15-7-9-16(22)10-8-15)24-21-25(20)11-12-28-21/h3-12H,2,13H2,1H3,(H,23,26). The zero-order valence-electron chi connectivity index (χ0n) is 15.2. The molecule has 7 heteroatoms. The fourth-order valence-corrected chi connectivity index (χ4v) is 3.68. The molecular formula is C21H18FN3O2S. The summed E-state index contributed by atoms with van der Waals surface area (Å²) >= 11 is 1.46. The highest BCUT2D eigenvalue weighted by Crippen LogP contribution is 2.31. The molecule has 0 aliphatic heterocycles. The van der Waals surface area contributed by atoms with Crippen LogP contribution in [-0.2, 0) is 11.2 Å². The summed E-state index contributed by atoms with van der Waals surface area (Å²) < 4.78 is 20.8. The van der Waals surface area contributed by atoms with Gasteiger partial charge in [0.25, 0.3) is 5.91 Å². The number of nitrogens with zero attached hydrogens (tertiary/aromatic N) is 2. The number of hydrogen-bond acceptors (Lipinski definition) is 4. The minimum absolute atomic E-state index is 0.114. The molecule has 28 heavy (non-hydrogen) atoms. The molecule has 5 nitrogen and oxygen atoms in total. The second kappa shape index (κ2) is 7.82. The van der Waals surface area contributed by atoms with Gasteiger partial charge in [0.2, 0.25) is 0 Å². The normalized spacial score (nSPS) is 10.9. The third kappa shape index (κ3) is 3.61. The Morgan fingerprint density at radius 2 is 2.00 bits per heavy atom. The van der Waals surface area contributed by atoms with Crippen LogP contribution in [0.2, 0.25) is 0 Å². The van der Waals surface area contributed by atoms with Crippen LogP contribution in [-0.4, -0.2) is 21.9 Å². The van der Waals surface area contributed by atoms with Crippen molar-refractivity contribution in [3.05, 3.63) is 71.5 Å². The minimum atomic E-state index is -0.321. The van der Waals surface area contributed by atoms with Gasteiger partial charge in [0.05, 0.1) is 0 Å². The van der Waals surface area contributed by atoms with Crippen LogP contribution in [0, 0.1) is 5.82 Å². The van der Waals surface area contributed by atoms with Gasteiger partial charge >= 0.3 is 0 Å². The van der Waals surface area contributed by atoms with Gasteiger partial charge in [-0.15, -0.1) is 11.3 Å². The molecule has 0 bridgehead atoms. The molecule has 0 radical (unpaired) electrons. The molecule has 0 saturated carbocycles. The Bertz CT molecular complexity index is 1120. The first kappa shape index (κ1) is 18.2. The van der Waals surface area contributed by atoms with Crippen molar-refractivity contribution in [3.8, 4) is 17.0 Å². The molecule has 4 rings (SSSR count). The van der Waals surface area contributed by atoms with E-state index >= 15 is 0 Å². The largest absolute Gasteiger partial charge is 0.483 e. The summed E-state index contributed by atoms with van der Waals surface area (Å²) in [4.78, 5) is 17.9. The summed E-state index contributed by atoms with van der Waals surface area (Å²) in [5.41, 5.74) is 2.37. The van der Waals surface area contributed by atoms with Gasteiger partial charge < -0.3 is 10.1 Å². The van der Waals surface area contributed by atoms with E-state index in [1.807, 2.05) is 42.8 Å². The zero-order chi connectivity index (χ0) is 19.5. The Balaban J connectivity index is 1.57. The third-order valence-corrected chi connectivity index (χ3v) is 5.11. The molecule has 0 unspecified atom stereocenters. The van der Waals surface area contributed by atoms with Crippen molar-refractivity contribution in [2.75, 3.05) is 11.9 Å². The topological polar surface area (TPSA) is 55.6 Å². The van der Waals surface area contributed by atoms with Crippen molar-refractivity contribution in [1.29, 1.82) is 0 Å². The second-order valence-electron chi connectivity index (χ2n) is 6.17. The molecule has 2 heterocycles. The van der Waals surface area contributed by atoms with Gasteiger partial charge in [-0.1, -0.05) is 25.1 Å². The maximum Gasteiger partial charge on any atom is 0.263 e. The van der Waals surface area contributed by atoms with E-state index in [-0.39, 0.29) is 18.3 Å². The smallest absolute Gasteiger partial charge is 0.263 e. The fraction of sp³-hybridized carbons (Fsp3) is 0.143. The number of carbonyl (C=O) groups is 1. The van der Waals surface area contributed by atoms with Crippen molar-refractivity contribution in [2.45, 2.75) is 13.3 Å². The maximum atomic E-state index is 13.3. The predicted octanol–water partition coefficient (Wildman–Crippen LogP) is 4.78. The van der Waals surface area contributed by atoms with Gasteiger partial charge in [-0.25, -0.2) is 9.37 Å². The number of anilines is 1. The lowest BCUT2D eigenvalue weighted by molar-refractivity contribution is -0.118. The number of aryl methyl sites for hydroxylation is 1. The quantitative estimate of drug-likeness (QED) is 0.511. The first-order valence-electron chi connectivity index (χ1n) is 8.87. The fourth-order valence-electron chi connectivity index (χ4n) is 2.96. The summed E-state index contributed by atoms with van der Waals surface area (Å²) in [5, 5.41) is 4.78. The van der Waals surface area contributed by atoms with Crippen molar-refractivity contribution in [1.82, 2.24) is 9.38 Å². The second-order valence-corrected chi connectivity index (χ2v) is 7.04. The Morgan fingerprint density at radius 3 is 2.79 bits per heavy atom. The molecule has 0 atom stereocenters. The first-order valence-corrected chi connectivity index (χ1v) is 9.75. The Labute approximate surface area is 165 Å². The summed E-state index contributed by atoms with van der Waals surface area (Å²) in [7, 11) is 0. The SMILES string of the molecule is CCc1ccccc1OCC(=O)Nc1c(-c2ccc(F)cc2)nc2sccn12. The molecule has 2 aromatic heterocycles. The molecule has 0 fully saturated rings. The third-order valence-electron chi connectivity index (χ3n) is 4.35. The highest BCUT2D eigenvalue weighted by Gasteiger charge is 2.18. The lowest BCUT2D eigenvalue weighted by Gasteiger charge is -2.11. The van der Waals surface area contributed by atoms with Gasteiger partial charge in [-0.3, -0.25) is 9.20 Å².